The van der Waals surface area contributed by atoms with Gasteiger partial charge in [0.2, 0.25) is 5.91 Å². The van der Waals surface area contributed by atoms with Crippen LogP contribution >= 0.6 is 0 Å². The molecule has 1 aromatic carbocycles. The van der Waals surface area contributed by atoms with E-state index in [4.69, 9.17) is 0 Å². The molecule has 1 aliphatic carbocycles. The zero-order valence-corrected chi connectivity index (χ0v) is 13.6. The minimum absolute atomic E-state index is 0.0351. The number of nitrogens with zero attached hydrogens (tertiary/aromatic N) is 1. The van der Waals surface area contributed by atoms with Crippen LogP contribution in [0.25, 0.3) is 0 Å². The van der Waals surface area contributed by atoms with Crippen molar-refractivity contribution in [1.29, 1.82) is 0 Å². The van der Waals surface area contributed by atoms with Crippen LogP contribution in [0.2, 0.25) is 0 Å². The molecule has 3 rings (SSSR count). The Bertz CT molecular complexity index is 739. The first-order chi connectivity index (χ1) is 11.6. The molecule has 0 aliphatic heterocycles. The molecule has 124 valence electrons. The van der Waals surface area contributed by atoms with Crippen LogP contribution in [0.3, 0.4) is 0 Å². The highest BCUT2D eigenvalue weighted by molar-refractivity contribution is 5.96. The summed E-state index contributed by atoms with van der Waals surface area (Å²) >= 11 is 0. The van der Waals surface area contributed by atoms with Gasteiger partial charge in [-0.2, -0.15) is 0 Å². The van der Waals surface area contributed by atoms with E-state index in [9.17, 15) is 9.59 Å². The zero-order chi connectivity index (χ0) is 17.0. The van der Waals surface area contributed by atoms with E-state index < -0.39 is 5.97 Å². The van der Waals surface area contributed by atoms with Crippen LogP contribution in [0.4, 0.5) is 5.82 Å². The lowest BCUT2D eigenvalue weighted by Gasteiger charge is -2.40. The highest BCUT2D eigenvalue weighted by Crippen LogP contribution is 2.44. The van der Waals surface area contributed by atoms with E-state index in [2.05, 4.69) is 15.0 Å². The van der Waals surface area contributed by atoms with Crippen molar-refractivity contribution in [2.45, 2.75) is 25.7 Å². The topological polar surface area (TPSA) is 68.3 Å². The maximum atomic E-state index is 12.8. The molecule has 1 N–H and O–H groups in total. The predicted molar refractivity (Wildman–Crippen MR) is 90.6 cm³/mol. The van der Waals surface area contributed by atoms with Crippen molar-refractivity contribution in [3.63, 3.8) is 0 Å². The molecule has 1 saturated carbocycles. The summed E-state index contributed by atoms with van der Waals surface area (Å²) in [5.74, 6) is -0.178. The lowest BCUT2D eigenvalue weighted by atomic mass is 9.64. The Morgan fingerprint density at radius 1 is 1.12 bits per heavy atom. The molecule has 0 bridgehead atoms. The summed E-state index contributed by atoms with van der Waals surface area (Å²) < 4.78 is 4.66. The molecule has 0 saturated heterocycles. The second-order valence-corrected chi connectivity index (χ2v) is 6.15. The van der Waals surface area contributed by atoms with Gasteiger partial charge < -0.3 is 10.1 Å². The average molecular weight is 324 g/mol. The van der Waals surface area contributed by atoms with Crippen molar-refractivity contribution < 1.29 is 14.3 Å². The minimum atomic E-state index is -0.520. The summed E-state index contributed by atoms with van der Waals surface area (Å²) in [7, 11) is 1.30. The third-order valence-electron chi connectivity index (χ3n) is 4.56. The molecule has 24 heavy (non-hydrogen) atoms. The Balaban J connectivity index is 1.74. The standard InChI is InChI=1S/C19H20N2O3/c1-24-17(22)15-9-5-10-16(20-15)21-18(23)19(11-6-12-19)13-14-7-3-2-4-8-14/h2-5,7-10H,6,11-13H2,1H3,(H,20,21,23). The van der Waals surface area contributed by atoms with E-state index in [-0.39, 0.29) is 17.0 Å². The largest absolute Gasteiger partial charge is 0.464 e. The van der Waals surface area contributed by atoms with Crippen LogP contribution in [0, 0.1) is 5.41 Å². The van der Waals surface area contributed by atoms with Crippen LogP contribution in [0.5, 0.6) is 0 Å². The summed E-state index contributed by atoms with van der Waals surface area (Å²) in [4.78, 5) is 28.5. The van der Waals surface area contributed by atoms with Gasteiger partial charge in [0.05, 0.1) is 12.5 Å². The molecule has 2 aromatic rings. The minimum Gasteiger partial charge on any atom is -0.464 e. The highest BCUT2D eigenvalue weighted by Gasteiger charge is 2.44. The van der Waals surface area contributed by atoms with E-state index in [1.807, 2.05) is 30.3 Å². The molecule has 0 unspecified atom stereocenters. The van der Waals surface area contributed by atoms with Crippen molar-refractivity contribution in [3.05, 3.63) is 59.8 Å². The second kappa shape index (κ2) is 6.83. The molecule has 1 amide bonds. The van der Waals surface area contributed by atoms with Crippen LogP contribution in [-0.4, -0.2) is 24.0 Å². The number of carbonyl (C=O) groups excluding carboxylic acids is 2. The molecule has 0 radical (unpaired) electrons. The van der Waals surface area contributed by atoms with Gasteiger partial charge in [-0.25, -0.2) is 9.78 Å². The number of amides is 1. The van der Waals surface area contributed by atoms with Crippen molar-refractivity contribution in [2.24, 2.45) is 5.41 Å². The van der Waals surface area contributed by atoms with E-state index >= 15 is 0 Å². The monoisotopic (exact) mass is 324 g/mol. The van der Waals surface area contributed by atoms with E-state index in [1.165, 1.54) is 7.11 Å². The number of ether oxygens (including phenoxy) is 1. The van der Waals surface area contributed by atoms with E-state index in [0.717, 1.165) is 31.2 Å². The van der Waals surface area contributed by atoms with Gasteiger partial charge in [0.25, 0.3) is 0 Å². The molecular weight excluding hydrogens is 304 g/mol. The number of carbonyl (C=O) groups is 2. The summed E-state index contributed by atoms with van der Waals surface area (Å²) in [6.45, 7) is 0. The number of rotatable bonds is 5. The number of aromatic nitrogens is 1. The number of nitrogens with one attached hydrogen (secondary N) is 1. The smallest absolute Gasteiger partial charge is 0.356 e. The SMILES string of the molecule is COC(=O)c1cccc(NC(=O)C2(Cc3ccccc3)CCC2)n1. The lowest BCUT2D eigenvalue weighted by molar-refractivity contribution is -0.130. The molecule has 1 aromatic heterocycles. The first kappa shape index (κ1) is 16.2. The lowest BCUT2D eigenvalue weighted by Crippen LogP contribution is -2.43. The number of hydrogen-bond acceptors (Lipinski definition) is 4. The first-order valence-electron chi connectivity index (χ1n) is 8.04. The van der Waals surface area contributed by atoms with Gasteiger partial charge in [-0.3, -0.25) is 4.79 Å². The van der Waals surface area contributed by atoms with Crippen molar-refractivity contribution in [2.75, 3.05) is 12.4 Å². The van der Waals surface area contributed by atoms with Gasteiger partial charge in [-0.1, -0.05) is 42.8 Å². The Morgan fingerprint density at radius 2 is 1.88 bits per heavy atom. The summed E-state index contributed by atoms with van der Waals surface area (Å²) in [5, 5.41) is 2.87. The molecule has 1 aliphatic rings. The van der Waals surface area contributed by atoms with Gasteiger partial charge in [-0.15, -0.1) is 0 Å². The van der Waals surface area contributed by atoms with Crippen LogP contribution in [0.15, 0.2) is 48.5 Å². The molecule has 1 heterocycles. The summed E-state index contributed by atoms with van der Waals surface area (Å²) in [6.07, 6.45) is 3.50. The number of hydrogen-bond donors (Lipinski definition) is 1. The first-order valence-corrected chi connectivity index (χ1v) is 8.04. The quantitative estimate of drug-likeness (QED) is 0.858. The number of methoxy groups -OCH3 is 1. The fourth-order valence-corrected chi connectivity index (χ4v) is 3.05. The third-order valence-corrected chi connectivity index (χ3v) is 4.56. The fraction of sp³-hybridized carbons (Fsp3) is 0.316. The van der Waals surface area contributed by atoms with Gasteiger partial charge >= 0.3 is 5.97 Å². The summed E-state index contributed by atoms with van der Waals surface area (Å²) in [6, 6.07) is 15.0. The molecule has 5 nitrogen and oxygen atoms in total. The third kappa shape index (κ3) is 3.30. The summed E-state index contributed by atoms with van der Waals surface area (Å²) in [5.41, 5.74) is 0.953. The maximum Gasteiger partial charge on any atom is 0.356 e. The molecule has 0 spiro atoms. The van der Waals surface area contributed by atoms with Crippen molar-refractivity contribution in [1.82, 2.24) is 4.98 Å². The Morgan fingerprint density at radius 3 is 2.50 bits per heavy atom. The number of pyridine rings is 1. The number of anilines is 1. The number of benzene rings is 1. The molecular formula is C19H20N2O3. The fourth-order valence-electron chi connectivity index (χ4n) is 3.05. The van der Waals surface area contributed by atoms with E-state index in [0.29, 0.717) is 5.82 Å². The Kier molecular flexibility index (Phi) is 4.60. The van der Waals surface area contributed by atoms with Gasteiger partial charge in [-0.05, 0) is 37.0 Å². The van der Waals surface area contributed by atoms with Crippen molar-refractivity contribution in [3.8, 4) is 0 Å². The zero-order valence-electron chi connectivity index (χ0n) is 13.6. The maximum absolute atomic E-state index is 12.8. The average Bonchev–Trinajstić information content (AvgIpc) is 2.58. The number of esters is 1. The van der Waals surface area contributed by atoms with Crippen molar-refractivity contribution >= 4 is 17.7 Å². The van der Waals surface area contributed by atoms with Crippen LogP contribution in [-0.2, 0) is 16.0 Å². The predicted octanol–water partition coefficient (Wildman–Crippen LogP) is 3.22. The second-order valence-electron chi connectivity index (χ2n) is 6.15. The van der Waals surface area contributed by atoms with Crippen LogP contribution in [0.1, 0.15) is 35.3 Å². The Labute approximate surface area is 141 Å². The molecule has 5 heteroatoms. The molecule has 0 atom stereocenters. The van der Waals surface area contributed by atoms with Gasteiger partial charge in [0, 0.05) is 0 Å². The van der Waals surface area contributed by atoms with Crippen LogP contribution < -0.4 is 5.32 Å². The van der Waals surface area contributed by atoms with Gasteiger partial charge in [0.1, 0.15) is 5.82 Å². The highest BCUT2D eigenvalue weighted by atomic mass is 16.5. The molecule has 1 fully saturated rings. The van der Waals surface area contributed by atoms with E-state index in [1.54, 1.807) is 18.2 Å². The van der Waals surface area contributed by atoms with Gasteiger partial charge in [0.15, 0.2) is 5.69 Å². The Hall–Kier alpha value is -2.69. The normalized spacial score (nSPS) is 15.2.